The molecule has 2 N–H and O–H groups in total. The van der Waals surface area contributed by atoms with Gasteiger partial charge in [-0.1, -0.05) is 57.9 Å². The molecule has 0 saturated carbocycles. The van der Waals surface area contributed by atoms with E-state index in [0.29, 0.717) is 5.02 Å². The molecule has 104 valence electrons. The Morgan fingerprint density at radius 3 is 2.80 bits per heavy atom. The van der Waals surface area contributed by atoms with Crippen molar-refractivity contribution in [1.82, 2.24) is 5.32 Å². The first kappa shape index (κ1) is 14.1. The van der Waals surface area contributed by atoms with Crippen molar-refractivity contribution in [2.45, 2.75) is 25.1 Å². The summed E-state index contributed by atoms with van der Waals surface area (Å²) in [4.78, 5) is 0. The van der Waals surface area contributed by atoms with Gasteiger partial charge in [0.15, 0.2) is 0 Å². The number of fused-ring (bicyclic) bond motifs is 1. The Labute approximate surface area is 131 Å². The third kappa shape index (κ3) is 2.29. The van der Waals surface area contributed by atoms with Crippen molar-refractivity contribution in [3.05, 3.63) is 68.7 Å². The first-order chi connectivity index (χ1) is 9.50. The van der Waals surface area contributed by atoms with Crippen LogP contribution in [0, 0.1) is 0 Å². The van der Waals surface area contributed by atoms with E-state index in [-0.39, 0.29) is 6.04 Å². The van der Waals surface area contributed by atoms with Crippen LogP contribution in [0.5, 0.6) is 0 Å². The van der Waals surface area contributed by atoms with E-state index in [1.807, 2.05) is 37.3 Å². The van der Waals surface area contributed by atoms with Crippen LogP contribution in [0.2, 0.25) is 5.02 Å². The summed E-state index contributed by atoms with van der Waals surface area (Å²) in [7, 11) is 0. The smallest absolute Gasteiger partial charge is 0.108 e. The maximum atomic E-state index is 11.0. The average Bonchev–Trinajstić information content (AvgIpc) is 2.82. The highest BCUT2D eigenvalue weighted by Crippen LogP contribution is 2.42. The molecule has 0 aromatic heterocycles. The Morgan fingerprint density at radius 1 is 1.30 bits per heavy atom. The van der Waals surface area contributed by atoms with Crippen LogP contribution in [0.15, 0.2) is 46.9 Å². The average molecular weight is 353 g/mol. The molecule has 2 atom stereocenters. The van der Waals surface area contributed by atoms with Crippen molar-refractivity contribution < 1.29 is 5.11 Å². The summed E-state index contributed by atoms with van der Waals surface area (Å²) in [6.07, 6.45) is 0. The molecular formula is C16H15BrClNO. The third-order valence-corrected chi connectivity index (χ3v) is 4.71. The van der Waals surface area contributed by atoms with Crippen molar-refractivity contribution >= 4 is 27.5 Å². The van der Waals surface area contributed by atoms with Crippen molar-refractivity contribution in [2.75, 3.05) is 0 Å². The Balaban J connectivity index is 2.05. The number of nitrogens with one attached hydrogen (secondary N) is 1. The van der Waals surface area contributed by atoms with Gasteiger partial charge in [-0.2, -0.15) is 0 Å². The van der Waals surface area contributed by atoms with E-state index in [1.54, 1.807) is 0 Å². The first-order valence-corrected chi connectivity index (χ1v) is 7.66. The molecule has 20 heavy (non-hydrogen) atoms. The molecule has 0 fully saturated rings. The summed E-state index contributed by atoms with van der Waals surface area (Å²) >= 11 is 9.69. The fourth-order valence-corrected chi connectivity index (χ4v) is 3.72. The minimum absolute atomic E-state index is 0.155. The molecule has 0 spiro atoms. The van der Waals surface area contributed by atoms with Crippen LogP contribution in [0.1, 0.15) is 29.7 Å². The van der Waals surface area contributed by atoms with E-state index >= 15 is 0 Å². The lowest BCUT2D eigenvalue weighted by molar-refractivity contribution is 0.0178. The second kappa shape index (κ2) is 5.15. The maximum absolute atomic E-state index is 11.0. The van der Waals surface area contributed by atoms with Crippen molar-refractivity contribution in [1.29, 1.82) is 0 Å². The normalized spacial score (nSPS) is 20.5. The highest BCUT2D eigenvalue weighted by Gasteiger charge is 2.39. The van der Waals surface area contributed by atoms with Gasteiger partial charge < -0.3 is 10.4 Å². The highest BCUT2D eigenvalue weighted by atomic mass is 79.9. The molecule has 0 amide bonds. The summed E-state index contributed by atoms with van der Waals surface area (Å²) in [5.74, 6) is 0. The number of hydrogen-bond acceptors (Lipinski definition) is 2. The van der Waals surface area contributed by atoms with E-state index in [2.05, 4.69) is 33.4 Å². The summed E-state index contributed by atoms with van der Waals surface area (Å²) in [6.45, 7) is 2.58. The van der Waals surface area contributed by atoms with E-state index in [4.69, 9.17) is 11.6 Å². The van der Waals surface area contributed by atoms with Gasteiger partial charge in [0, 0.05) is 21.6 Å². The van der Waals surface area contributed by atoms with Gasteiger partial charge in [-0.05, 0) is 30.2 Å². The van der Waals surface area contributed by atoms with Crippen LogP contribution >= 0.6 is 27.5 Å². The van der Waals surface area contributed by atoms with Gasteiger partial charge >= 0.3 is 0 Å². The van der Waals surface area contributed by atoms with Gasteiger partial charge in [0.25, 0.3) is 0 Å². The number of halogens is 2. The lowest BCUT2D eigenvalue weighted by atomic mass is 9.84. The van der Waals surface area contributed by atoms with Crippen molar-refractivity contribution in [3.63, 3.8) is 0 Å². The van der Waals surface area contributed by atoms with Crippen LogP contribution in [-0.2, 0) is 12.1 Å². The number of benzene rings is 2. The highest BCUT2D eigenvalue weighted by molar-refractivity contribution is 9.10. The summed E-state index contributed by atoms with van der Waals surface area (Å²) < 4.78 is 0.904. The molecule has 0 aliphatic carbocycles. The SMILES string of the molecule is CC(O)(c1ccc(Br)cc1Cl)C1NCc2ccccc21. The molecule has 1 aliphatic rings. The molecule has 2 unspecified atom stereocenters. The van der Waals surface area contributed by atoms with Crippen LogP contribution in [0.3, 0.4) is 0 Å². The predicted octanol–water partition coefficient (Wildman–Crippen LogP) is 4.15. The van der Waals surface area contributed by atoms with Gasteiger partial charge in [-0.25, -0.2) is 0 Å². The second-order valence-electron chi connectivity index (χ2n) is 5.28. The maximum Gasteiger partial charge on any atom is 0.108 e. The lowest BCUT2D eigenvalue weighted by Gasteiger charge is -2.32. The topological polar surface area (TPSA) is 32.3 Å². The van der Waals surface area contributed by atoms with E-state index in [9.17, 15) is 5.11 Å². The fourth-order valence-electron chi connectivity index (χ4n) is 2.86. The van der Waals surface area contributed by atoms with E-state index in [1.165, 1.54) is 5.56 Å². The Hall–Kier alpha value is -0.870. The molecule has 1 aliphatic heterocycles. The molecule has 2 nitrogen and oxygen atoms in total. The number of aliphatic hydroxyl groups is 1. The van der Waals surface area contributed by atoms with Crippen LogP contribution < -0.4 is 5.32 Å². The Bertz CT molecular complexity index is 657. The minimum atomic E-state index is -1.07. The second-order valence-corrected chi connectivity index (χ2v) is 6.61. The molecule has 0 radical (unpaired) electrons. The van der Waals surface area contributed by atoms with Gasteiger partial charge in [-0.15, -0.1) is 0 Å². The summed E-state index contributed by atoms with van der Waals surface area (Å²) in [6, 6.07) is 13.6. The standard InChI is InChI=1S/C16H15BrClNO/c1-16(20,13-7-6-11(17)8-14(13)18)15-12-5-3-2-4-10(12)9-19-15/h2-8,15,19-20H,9H2,1H3. The minimum Gasteiger partial charge on any atom is -0.383 e. The van der Waals surface area contributed by atoms with E-state index < -0.39 is 5.60 Å². The number of rotatable bonds is 2. The van der Waals surface area contributed by atoms with Crippen LogP contribution in [-0.4, -0.2) is 5.11 Å². The molecular weight excluding hydrogens is 338 g/mol. The number of hydrogen-bond donors (Lipinski definition) is 2. The first-order valence-electron chi connectivity index (χ1n) is 6.49. The van der Waals surface area contributed by atoms with Gasteiger partial charge in [-0.3, -0.25) is 0 Å². The van der Waals surface area contributed by atoms with E-state index in [0.717, 1.165) is 22.1 Å². The fraction of sp³-hybridized carbons (Fsp3) is 0.250. The Morgan fingerprint density at radius 2 is 2.05 bits per heavy atom. The predicted molar refractivity (Wildman–Crippen MR) is 84.7 cm³/mol. The molecule has 3 rings (SSSR count). The third-order valence-electron chi connectivity index (χ3n) is 3.90. The molecule has 0 saturated heterocycles. The molecule has 1 heterocycles. The van der Waals surface area contributed by atoms with Gasteiger partial charge in [0.05, 0.1) is 6.04 Å². The van der Waals surface area contributed by atoms with Crippen LogP contribution in [0.4, 0.5) is 0 Å². The molecule has 2 aromatic carbocycles. The monoisotopic (exact) mass is 351 g/mol. The zero-order chi connectivity index (χ0) is 14.3. The molecule has 0 bridgehead atoms. The van der Waals surface area contributed by atoms with Crippen LogP contribution in [0.25, 0.3) is 0 Å². The quantitative estimate of drug-likeness (QED) is 0.851. The van der Waals surface area contributed by atoms with Crippen molar-refractivity contribution in [3.8, 4) is 0 Å². The molecule has 4 heteroatoms. The van der Waals surface area contributed by atoms with Crippen molar-refractivity contribution in [2.24, 2.45) is 0 Å². The zero-order valence-electron chi connectivity index (χ0n) is 11.0. The lowest BCUT2D eigenvalue weighted by Crippen LogP contribution is -2.36. The zero-order valence-corrected chi connectivity index (χ0v) is 13.4. The van der Waals surface area contributed by atoms with Gasteiger partial charge in [0.1, 0.15) is 5.60 Å². The largest absolute Gasteiger partial charge is 0.383 e. The summed E-state index contributed by atoms with van der Waals surface area (Å²) in [5.41, 5.74) is 2.03. The van der Waals surface area contributed by atoms with Gasteiger partial charge in [0.2, 0.25) is 0 Å². The Kier molecular flexibility index (Phi) is 3.63. The summed E-state index contributed by atoms with van der Waals surface area (Å²) in [5, 5.41) is 15.0. The molecule has 2 aromatic rings.